The van der Waals surface area contributed by atoms with Crippen LogP contribution in [0.15, 0.2) is 41.8 Å². The molecule has 2 heterocycles. The largest absolute Gasteiger partial charge is 0.385 e. The van der Waals surface area contributed by atoms with Crippen LogP contribution in [0, 0.1) is 0 Å². The summed E-state index contributed by atoms with van der Waals surface area (Å²) in [6.45, 7) is 1.58. The molecular weight excluding hydrogens is 282 g/mol. The highest BCUT2D eigenvalue weighted by molar-refractivity contribution is 7.13. The van der Waals surface area contributed by atoms with Crippen LogP contribution in [-0.4, -0.2) is 30.2 Å². The lowest BCUT2D eigenvalue weighted by Gasteiger charge is -2.10. The lowest BCUT2D eigenvalue weighted by atomic mass is 10.2. The molecule has 3 aromatic rings. The number of ether oxygens (including phenoxy) is 1. The van der Waals surface area contributed by atoms with Crippen molar-refractivity contribution in [2.45, 2.75) is 6.42 Å². The van der Waals surface area contributed by atoms with Gasteiger partial charge in [0.15, 0.2) is 5.82 Å². The zero-order valence-electron chi connectivity index (χ0n) is 11.9. The van der Waals surface area contributed by atoms with Crippen LogP contribution in [0.2, 0.25) is 0 Å². The van der Waals surface area contributed by atoms with E-state index in [2.05, 4.69) is 15.3 Å². The maximum Gasteiger partial charge on any atom is 0.172 e. The third-order valence-corrected chi connectivity index (χ3v) is 4.03. The first-order valence-electron chi connectivity index (χ1n) is 6.92. The van der Waals surface area contributed by atoms with Gasteiger partial charge in [0.25, 0.3) is 0 Å². The van der Waals surface area contributed by atoms with Crippen molar-refractivity contribution >= 4 is 28.1 Å². The molecule has 0 bridgehead atoms. The molecule has 0 saturated heterocycles. The molecule has 1 aromatic carbocycles. The molecule has 4 nitrogen and oxygen atoms in total. The van der Waals surface area contributed by atoms with Crippen LogP contribution >= 0.6 is 11.3 Å². The second-order valence-corrected chi connectivity index (χ2v) is 5.61. The van der Waals surface area contributed by atoms with Gasteiger partial charge in [-0.2, -0.15) is 0 Å². The van der Waals surface area contributed by atoms with Crippen LogP contribution in [0.3, 0.4) is 0 Å². The van der Waals surface area contributed by atoms with E-state index in [1.54, 1.807) is 18.4 Å². The molecular formula is C16H17N3OS. The number of rotatable bonds is 6. The minimum absolute atomic E-state index is 0.744. The molecule has 0 spiro atoms. The van der Waals surface area contributed by atoms with E-state index >= 15 is 0 Å². The van der Waals surface area contributed by atoms with Crippen molar-refractivity contribution in [2.75, 3.05) is 25.6 Å². The van der Waals surface area contributed by atoms with Crippen LogP contribution in [0.1, 0.15) is 6.42 Å². The van der Waals surface area contributed by atoms with E-state index in [0.717, 1.165) is 47.0 Å². The lowest BCUT2D eigenvalue weighted by Crippen LogP contribution is -2.07. The summed E-state index contributed by atoms with van der Waals surface area (Å²) in [5, 5.41) is 6.49. The minimum Gasteiger partial charge on any atom is -0.385 e. The Morgan fingerprint density at radius 3 is 2.86 bits per heavy atom. The van der Waals surface area contributed by atoms with Gasteiger partial charge in [-0.1, -0.05) is 18.2 Å². The third kappa shape index (κ3) is 3.20. The van der Waals surface area contributed by atoms with Crippen molar-refractivity contribution in [1.29, 1.82) is 0 Å². The van der Waals surface area contributed by atoms with Gasteiger partial charge < -0.3 is 10.1 Å². The number of fused-ring (bicyclic) bond motifs is 1. The summed E-state index contributed by atoms with van der Waals surface area (Å²) >= 11 is 1.65. The fraction of sp³-hybridized carbons (Fsp3) is 0.250. The third-order valence-electron chi connectivity index (χ3n) is 3.16. The number of aromatic nitrogens is 2. The summed E-state index contributed by atoms with van der Waals surface area (Å²) in [5.41, 5.74) is 0.963. The first kappa shape index (κ1) is 14.0. The van der Waals surface area contributed by atoms with Crippen LogP contribution in [-0.2, 0) is 4.74 Å². The van der Waals surface area contributed by atoms with Crippen molar-refractivity contribution in [1.82, 2.24) is 9.97 Å². The van der Waals surface area contributed by atoms with Crippen LogP contribution in [0.5, 0.6) is 0 Å². The molecule has 1 N–H and O–H groups in total. The monoisotopic (exact) mass is 299 g/mol. The number of nitrogens with zero attached hydrogens (tertiary/aromatic N) is 2. The molecule has 0 fully saturated rings. The molecule has 0 unspecified atom stereocenters. The van der Waals surface area contributed by atoms with E-state index in [0.29, 0.717) is 0 Å². The van der Waals surface area contributed by atoms with Gasteiger partial charge >= 0.3 is 0 Å². The van der Waals surface area contributed by atoms with Gasteiger partial charge in [0.2, 0.25) is 0 Å². The summed E-state index contributed by atoms with van der Waals surface area (Å²) in [5.74, 6) is 1.66. The van der Waals surface area contributed by atoms with Gasteiger partial charge in [0.05, 0.1) is 10.4 Å². The highest BCUT2D eigenvalue weighted by atomic mass is 32.1. The number of nitrogens with one attached hydrogen (secondary N) is 1. The topological polar surface area (TPSA) is 47.0 Å². The van der Waals surface area contributed by atoms with Crippen molar-refractivity contribution in [3.63, 3.8) is 0 Å². The summed E-state index contributed by atoms with van der Waals surface area (Å²) in [4.78, 5) is 10.4. The molecule has 0 amide bonds. The molecule has 2 aromatic heterocycles. The minimum atomic E-state index is 0.744. The highest BCUT2D eigenvalue weighted by Gasteiger charge is 2.09. The summed E-state index contributed by atoms with van der Waals surface area (Å²) < 4.78 is 5.08. The normalized spacial score (nSPS) is 10.9. The molecule has 5 heteroatoms. The predicted octanol–water partition coefficient (Wildman–Crippen LogP) is 3.81. The second-order valence-electron chi connectivity index (χ2n) is 4.66. The Morgan fingerprint density at radius 2 is 2.05 bits per heavy atom. The van der Waals surface area contributed by atoms with Crippen molar-refractivity contribution in [3.8, 4) is 10.7 Å². The number of hydrogen-bond acceptors (Lipinski definition) is 5. The van der Waals surface area contributed by atoms with Gasteiger partial charge in [0, 0.05) is 25.6 Å². The Balaban J connectivity index is 1.95. The van der Waals surface area contributed by atoms with Crippen LogP contribution in [0.25, 0.3) is 21.6 Å². The van der Waals surface area contributed by atoms with Gasteiger partial charge in [-0.05, 0) is 30.0 Å². The van der Waals surface area contributed by atoms with Crippen LogP contribution < -0.4 is 5.32 Å². The molecule has 0 saturated carbocycles. The molecule has 0 aliphatic rings. The van der Waals surface area contributed by atoms with Gasteiger partial charge in [-0.15, -0.1) is 11.3 Å². The molecule has 3 rings (SSSR count). The Kier molecular flexibility index (Phi) is 4.43. The fourth-order valence-corrected chi connectivity index (χ4v) is 2.81. The van der Waals surface area contributed by atoms with E-state index in [-0.39, 0.29) is 0 Å². The Labute approximate surface area is 127 Å². The molecule has 108 valence electrons. The zero-order chi connectivity index (χ0) is 14.5. The quantitative estimate of drug-likeness (QED) is 0.703. The van der Waals surface area contributed by atoms with E-state index in [4.69, 9.17) is 4.74 Å². The molecule has 0 radical (unpaired) electrons. The highest BCUT2D eigenvalue weighted by Crippen LogP contribution is 2.27. The standard InChI is InChI=1S/C16H17N3OS/c1-20-10-5-9-17-15-12-6-2-3-7-13(12)18-16(19-15)14-8-4-11-21-14/h2-4,6-8,11H,5,9-10H2,1H3,(H,17,18,19). The molecule has 0 aliphatic carbocycles. The SMILES string of the molecule is COCCCNc1nc(-c2cccs2)nc2ccccc12. The zero-order valence-corrected chi connectivity index (χ0v) is 12.7. The lowest BCUT2D eigenvalue weighted by molar-refractivity contribution is 0.198. The maximum atomic E-state index is 5.08. The van der Waals surface area contributed by atoms with Crippen molar-refractivity contribution < 1.29 is 4.74 Å². The van der Waals surface area contributed by atoms with E-state index in [9.17, 15) is 0 Å². The number of methoxy groups -OCH3 is 1. The number of benzene rings is 1. The van der Waals surface area contributed by atoms with E-state index in [1.807, 2.05) is 41.8 Å². The smallest absolute Gasteiger partial charge is 0.172 e. The number of anilines is 1. The molecule has 21 heavy (non-hydrogen) atoms. The summed E-state index contributed by atoms with van der Waals surface area (Å²) in [6, 6.07) is 12.1. The Morgan fingerprint density at radius 1 is 1.14 bits per heavy atom. The molecule has 0 aliphatic heterocycles. The van der Waals surface area contributed by atoms with E-state index in [1.165, 1.54) is 0 Å². The summed E-state index contributed by atoms with van der Waals surface area (Å²) in [6.07, 6.45) is 0.948. The average molecular weight is 299 g/mol. The maximum absolute atomic E-state index is 5.08. The van der Waals surface area contributed by atoms with Crippen molar-refractivity contribution in [3.05, 3.63) is 41.8 Å². The second kappa shape index (κ2) is 6.65. The first-order chi connectivity index (χ1) is 10.4. The van der Waals surface area contributed by atoms with Gasteiger partial charge in [0.1, 0.15) is 5.82 Å². The predicted molar refractivity (Wildman–Crippen MR) is 87.8 cm³/mol. The Bertz CT molecular complexity index is 713. The van der Waals surface area contributed by atoms with Crippen molar-refractivity contribution in [2.24, 2.45) is 0 Å². The number of thiophene rings is 1. The van der Waals surface area contributed by atoms with Crippen LogP contribution in [0.4, 0.5) is 5.82 Å². The Hall–Kier alpha value is -1.98. The summed E-state index contributed by atoms with van der Waals surface area (Å²) in [7, 11) is 1.72. The molecule has 0 atom stereocenters. The van der Waals surface area contributed by atoms with Gasteiger partial charge in [-0.3, -0.25) is 0 Å². The fourth-order valence-electron chi connectivity index (χ4n) is 2.15. The first-order valence-corrected chi connectivity index (χ1v) is 7.80. The number of para-hydroxylation sites is 1. The van der Waals surface area contributed by atoms with Gasteiger partial charge in [-0.25, -0.2) is 9.97 Å². The number of hydrogen-bond donors (Lipinski definition) is 1. The van der Waals surface area contributed by atoms with E-state index < -0.39 is 0 Å². The average Bonchev–Trinajstić information content (AvgIpc) is 3.05.